The second-order valence-electron chi connectivity index (χ2n) is 1.84. The molecule has 9 heteroatoms. The van der Waals surface area contributed by atoms with Crippen molar-refractivity contribution in [1.29, 1.82) is 0 Å². The summed E-state index contributed by atoms with van der Waals surface area (Å²) in [5, 5.41) is -1.14. The van der Waals surface area contributed by atoms with Crippen LogP contribution < -0.4 is 17.2 Å². The third kappa shape index (κ3) is 154. The smallest absolute Gasteiger partial charge is 0.273 e. The molecule has 0 aromatic heterocycles. The average Bonchev–Trinajstić information content (AvgIpc) is 1.98. The van der Waals surface area contributed by atoms with E-state index in [9.17, 15) is 0 Å². The lowest BCUT2D eigenvalue weighted by Gasteiger charge is -1.96. The molecule has 0 aliphatic carbocycles. The number of ether oxygens (including phenoxy) is 1. The van der Waals surface area contributed by atoms with E-state index in [0.29, 0.717) is 6.61 Å². The Labute approximate surface area is 105 Å². The maximum atomic E-state index is 9.09. The van der Waals surface area contributed by atoms with Crippen molar-refractivity contribution < 1.29 is 14.3 Å². The SMILES string of the molecule is CCCOC(N)=S.NC(=O)S.NC(=O)S. The molecule has 0 aromatic rings. The predicted molar refractivity (Wildman–Crippen MR) is 70.2 cm³/mol. The van der Waals surface area contributed by atoms with Gasteiger partial charge in [0, 0.05) is 0 Å². The molecule has 0 radical (unpaired) electrons. The van der Waals surface area contributed by atoms with Gasteiger partial charge in [0.1, 0.15) is 0 Å². The number of rotatable bonds is 2. The molecular weight excluding hydrogens is 258 g/mol. The third-order valence-corrected chi connectivity index (χ3v) is 0.566. The van der Waals surface area contributed by atoms with Crippen LogP contribution >= 0.6 is 37.5 Å². The summed E-state index contributed by atoms with van der Waals surface area (Å²) in [4.78, 5) is 18.2. The first-order chi connectivity index (χ1) is 6.73. The van der Waals surface area contributed by atoms with E-state index in [1.54, 1.807) is 0 Å². The summed E-state index contributed by atoms with van der Waals surface area (Å²) in [6.07, 6.45) is 0.956. The number of thiocarbonyl (C=S) groups is 1. The lowest BCUT2D eigenvalue weighted by Crippen LogP contribution is -2.12. The molecule has 0 heterocycles. The van der Waals surface area contributed by atoms with Crippen LogP contribution in [0.15, 0.2) is 0 Å². The maximum absolute atomic E-state index is 9.09. The van der Waals surface area contributed by atoms with E-state index >= 15 is 0 Å². The van der Waals surface area contributed by atoms with Gasteiger partial charge in [0.2, 0.25) is 0 Å². The maximum Gasteiger partial charge on any atom is 0.273 e. The van der Waals surface area contributed by atoms with Crippen LogP contribution in [0.1, 0.15) is 13.3 Å². The fourth-order valence-corrected chi connectivity index (χ4v) is 0.286. The Balaban J connectivity index is -0.000000155. The van der Waals surface area contributed by atoms with Gasteiger partial charge < -0.3 is 21.9 Å². The molecule has 0 bridgehead atoms. The summed E-state index contributed by atoms with van der Waals surface area (Å²) < 4.78 is 4.70. The second kappa shape index (κ2) is 15.8. The van der Waals surface area contributed by atoms with Gasteiger partial charge in [-0.1, -0.05) is 32.2 Å². The molecule has 0 spiro atoms. The van der Waals surface area contributed by atoms with E-state index in [0.717, 1.165) is 6.42 Å². The van der Waals surface area contributed by atoms with Gasteiger partial charge in [-0.25, -0.2) is 0 Å². The molecule has 0 atom stereocenters. The minimum atomic E-state index is -0.639. The molecule has 90 valence electrons. The van der Waals surface area contributed by atoms with E-state index in [1.807, 2.05) is 6.92 Å². The van der Waals surface area contributed by atoms with Crippen molar-refractivity contribution in [1.82, 2.24) is 0 Å². The highest BCUT2D eigenvalue weighted by Gasteiger charge is 1.81. The highest BCUT2D eigenvalue weighted by Crippen LogP contribution is 1.77. The Bertz CT molecular complexity index is 181. The summed E-state index contributed by atoms with van der Waals surface area (Å²) in [7, 11) is 0. The van der Waals surface area contributed by atoms with E-state index in [1.165, 1.54) is 0 Å². The fourth-order valence-electron chi connectivity index (χ4n) is 0.203. The molecule has 2 amide bonds. The van der Waals surface area contributed by atoms with Crippen molar-refractivity contribution in [3.05, 3.63) is 0 Å². The van der Waals surface area contributed by atoms with Gasteiger partial charge in [-0.2, -0.15) is 0 Å². The zero-order chi connectivity index (χ0) is 12.9. The topological polar surface area (TPSA) is 121 Å². The molecule has 0 saturated heterocycles. The molecule has 0 saturated carbocycles. The Morgan fingerprint density at radius 2 is 1.47 bits per heavy atom. The molecule has 0 fully saturated rings. The lowest BCUT2D eigenvalue weighted by atomic mass is 10.5. The zero-order valence-electron chi connectivity index (χ0n) is 8.17. The largest absolute Gasteiger partial charge is 0.471 e. The Kier molecular flexibility index (Phi) is 20.9. The van der Waals surface area contributed by atoms with Crippen LogP contribution in [0.25, 0.3) is 0 Å². The first-order valence-electron chi connectivity index (χ1n) is 3.63. The minimum absolute atomic E-state index is 0.141. The molecular formula is C6H15N3O3S3. The summed E-state index contributed by atoms with van der Waals surface area (Å²) in [5.74, 6) is 0. The van der Waals surface area contributed by atoms with Crippen LogP contribution in [-0.2, 0) is 4.74 Å². The van der Waals surface area contributed by atoms with E-state index < -0.39 is 10.5 Å². The molecule has 0 aliphatic rings. The normalized spacial score (nSPS) is 7.13. The van der Waals surface area contributed by atoms with Crippen molar-refractivity contribution in [2.75, 3.05) is 6.61 Å². The summed E-state index contributed by atoms with van der Waals surface area (Å²) >= 11 is 10.6. The van der Waals surface area contributed by atoms with Crippen LogP contribution in [0, 0.1) is 0 Å². The van der Waals surface area contributed by atoms with Gasteiger partial charge in [-0.3, -0.25) is 9.59 Å². The number of amides is 2. The first kappa shape index (κ1) is 19.8. The highest BCUT2D eigenvalue weighted by molar-refractivity contribution is 7.96. The molecule has 0 rings (SSSR count). The molecule has 6 nitrogen and oxygen atoms in total. The molecule has 0 aliphatic heterocycles. The van der Waals surface area contributed by atoms with Crippen molar-refractivity contribution >= 4 is 53.1 Å². The fraction of sp³-hybridized carbons (Fsp3) is 0.500. The van der Waals surface area contributed by atoms with Crippen LogP contribution in [0.3, 0.4) is 0 Å². The Morgan fingerprint density at radius 1 is 1.20 bits per heavy atom. The minimum Gasteiger partial charge on any atom is -0.471 e. The first-order valence-corrected chi connectivity index (χ1v) is 4.93. The van der Waals surface area contributed by atoms with Crippen molar-refractivity contribution in [2.45, 2.75) is 13.3 Å². The van der Waals surface area contributed by atoms with E-state index in [2.05, 4.69) is 48.9 Å². The van der Waals surface area contributed by atoms with Crippen LogP contribution in [0.4, 0.5) is 9.59 Å². The molecule has 6 N–H and O–H groups in total. The standard InChI is InChI=1S/C4H9NOS.2CH3NOS/c1-2-3-6-4(5)7;2*2-1(3)4/h2-3H2,1H3,(H2,5,7);2*(H3,2,3,4). The number of carbonyl (C=O) groups excluding carboxylic acids is 2. The van der Waals surface area contributed by atoms with E-state index in [-0.39, 0.29) is 5.17 Å². The van der Waals surface area contributed by atoms with Crippen LogP contribution in [-0.4, -0.2) is 22.3 Å². The quantitative estimate of drug-likeness (QED) is 0.373. The van der Waals surface area contributed by atoms with Gasteiger partial charge in [0.15, 0.2) is 0 Å². The van der Waals surface area contributed by atoms with Crippen LogP contribution in [0.2, 0.25) is 0 Å². The number of hydrogen-bond donors (Lipinski definition) is 5. The number of hydrogen-bond acceptors (Lipinski definition) is 4. The molecule has 0 aromatic carbocycles. The molecule has 15 heavy (non-hydrogen) atoms. The summed E-state index contributed by atoms with van der Waals surface area (Å²) in [6.45, 7) is 2.63. The number of thiol groups is 2. The van der Waals surface area contributed by atoms with E-state index in [4.69, 9.17) is 20.1 Å². The third-order valence-electron chi connectivity index (χ3n) is 0.448. The zero-order valence-corrected chi connectivity index (χ0v) is 10.8. The van der Waals surface area contributed by atoms with Gasteiger partial charge in [-0.15, -0.1) is 0 Å². The van der Waals surface area contributed by atoms with Gasteiger partial charge in [0.25, 0.3) is 15.7 Å². The van der Waals surface area contributed by atoms with Gasteiger partial charge >= 0.3 is 0 Å². The lowest BCUT2D eigenvalue weighted by molar-refractivity contribution is 0.266. The van der Waals surface area contributed by atoms with Gasteiger partial charge in [-0.05, 0) is 18.6 Å². The number of nitrogens with two attached hydrogens (primary N) is 3. The number of carbonyl (C=O) groups is 2. The van der Waals surface area contributed by atoms with Crippen molar-refractivity contribution in [3.8, 4) is 0 Å². The Hall–Kier alpha value is -0.670. The van der Waals surface area contributed by atoms with Crippen molar-refractivity contribution in [3.63, 3.8) is 0 Å². The predicted octanol–water partition coefficient (Wildman–Crippen LogP) is 0.646. The second-order valence-corrected chi connectivity index (χ2v) is 3.13. The monoisotopic (exact) mass is 273 g/mol. The van der Waals surface area contributed by atoms with Crippen molar-refractivity contribution in [2.24, 2.45) is 17.2 Å². The Morgan fingerprint density at radius 3 is 1.53 bits per heavy atom. The molecule has 0 unspecified atom stereocenters. The van der Waals surface area contributed by atoms with Crippen LogP contribution in [0.5, 0.6) is 0 Å². The van der Waals surface area contributed by atoms with Gasteiger partial charge in [0.05, 0.1) is 6.61 Å². The summed E-state index contributed by atoms with van der Waals surface area (Å²) in [5.41, 5.74) is 13.7. The number of primary amides is 2. The average molecular weight is 273 g/mol. The highest BCUT2D eigenvalue weighted by atomic mass is 32.1. The summed E-state index contributed by atoms with van der Waals surface area (Å²) in [6, 6.07) is 0.